The average Bonchev–Trinajstić information content (AvgIpc) is 3.54. The van der Waals surface area contributed by atoms with Crippen molar-refractivity contribution in [3.8, 4) is 11.5 Å². The van der Waals surface area contributed by atoms with Gasteiger partial charge in [0.25, 0.3) is 5.91 Å². The summed E-state index contributed by atoms with van der Waals surface area (Å²) < 4.78 is 12.0. The number of H-pyrrole nitrogens is 1. The molecule has 0 aliphatic heterocycles. The third-order valence-corrected chi connectivity index (χ3v) is 7.03. The quantitative estimate of drug-likeness (QED) is 0.235. The van der Waals surface area contributed by atoms with Gasteiger partial charge in [0.1, 0.15) is 46.2 Å². The molecule has 40 heavy (non-hydrogen) atoms. The van der Waals surface area contributed by atoms with Crippen LogP contribution in [-0.2, 0) is 0 Å². The first kappa shape index (κ1) is 25.5. The SMILES string of the molecule is COc1ccc2[nH]c3c(Cl)ncnc3c2c1.COc1ccc2c(c1)c1ncnc(Cl)c1n2C(=O)c1ccccc1. The fourth-order valence-electron chi connectivity index (χ4n) is 4.59. The summed E-state index contributed by atoms with van der Waals surface area (Å²) in [4.78, 5) is 32.8. The standard InChI is InChI=1S/C18H12ClN3O2.C11H8ClN3O/c1-24-12-7-8-14-13(9-12)15-16(17(19)21-10-20-15)22(14)18(23)11-5-3-2-4-6-11;1-16-6-2-3-8-7(4-6)9-10(15-8)11(12)14-5-13-9/h2-10H,1H3;2-5,15H,1H3. The molecule has 198 valence electrons. The number of aromatic amines is 1. The highest BCUT2D eigenvalue weighted by Crippen LogP contribution is 2.34. The van der Waals surface area contributed by atoms with E-state index in [0.717, 1.165) is 33.1 Å². The highest BCUT2D eigenvalue weighted by atomic mass is 35.5. The number of carbonyl (C=O) groups excluding carboxylic acids is 1. The van der Waals surface area contributed by atoms with Crippen LogP contribution in [0.5, 0.6) is 11.5 Å². The second kappa shape index (κ2) is 10.4. The molecular weight excluding hydrogens is 551 g/mol. The summed E-state index contributed by atoms with van der Waals surface area (Å²) in [5.41, 5.74) is 4.93. The molecule has 0 spiro atoms. The number of aromatic nitrogens is 6. The number of nitrogens with zero attached hydrogens (tertiary/aromatic N) is 5. The van der Waals surface area contributed by atoms with Gasteiger partial charge >= 0.3 is 0 Å². The number of nitrogens with one attached hydrogen (secondary N) is 1. The maximum atomic E-state index is 13.1. The monoisotopic (exact) mass is 570 g/mol. The van der Waals surface area contributed by atoms with E-state index < -0.39 is 0 Å². The van der Waals surface area contributed by atoms with Crippen LogP contribution < -0.4 is 9.47 Å². The minimum absolute atomic E-state index is 0.183. The van der Waals surface area contributed by atoms with Crippen LogP contribution in [0.15, 0.2) is 79.4 Å². The molecule has 0 unspecified atom stereocenters. The van der Waals surface area contributed by atoms with E-state index in [-0.39, 0.29) is 11.1 Å². The van der Waals surface area contributed by atoms with Gasteiger partial charge in [-0.3, -0.25) is 9.36 Å². The number of hydrogen-bond acceptors (Lipinski definition) is 7. The van der Waals surface area contributed by atoms with Crippen molar-refractivity contribution >= 4 is 73.0 Å². The number of fused-ring (bicyclic) bond motifs is 6. The molecule has 4 aromatic heterocycles. The van der Waals surface area contributed by atoms with Crippen molar-refractivity contribution in [2.75, 3.05) is 14.2 Å². The van der Waals surface area contributed by atoms with Crippen LogP contribution in [0.2, 0.25) is 10.3 Å². The number of carbonyl (C=O) groups is 1. The van der Waals surface area contributed by atoms with Crippen LogP contribution in [0.25, 0.3) is 43.9 Å². The molecule has 4 heterocycles. The van der Waals surface area contributed by atoms with Crippen molar-refractivity contribution in [2.24, 2.45) is 0 Å². The molecule has 0 fully saturated rings. The van der Waals surface area contributed by atoms with E-state index in [0.29, 0.717) is 33.0 Å². The molecule has 0 aliphatic rings. The van der Waals surface area contributed by atoms with E-state index in [1.807, 2.05) is 48.5 Å². The number of methoxy groups -OCH3 is 2. The van der Waals surface area contributed by atoms with Gasteiger partial charge in [0.2, 0.25) is 0 Å². The Hall–Kier alpha value is -4.73. The number of halogens is 2. The van der Waals surface area contributed by atoms with Crippen molar-refractivity contribution < 1.29 is 14.3 Å². The molecule has 0 atom stereocenters. The van der Waals surface area contributed by atoms with Crippen LogP contribution in [-0.4, -0.2) is 49.6 Å². The van der Waals surface area contributed by atoms with Gasteiger partial charge in [-0.25, -0.2) is 19.9 Å². The molecule has 1 N–H and O–H groups in total. The molecule has 0 radical (unpaired) electrons. The zero-order valence-electron chi connectivity index (χ0n) is 21.2. The predicted molar refractivity (Wildman–Crippen MR) is 156 cm³/mol. The van der Waals surface area contributed by atoms with Crippen LogP contribution in [0.1, 0.15) is 10.4 Å². The second-order valence-electron chi connectivity index (χ2n) is 8.68. The minimum atomic E-state index is -0.183. The van der Waals surface area contributed by atoms with Crippen molar-refractivity contribution in [1.82, 2.24) is 29.5 Å². The molecule has 0 amide bonds. The van der Waals surface area contributed by atoms with Crippen molar-refractivity contribution in [2.45, 2.75) is 0 Å². The first-order chi connectivity index (χ1) is 19.5. The minimum Gasteiger partial charge on any atom is -0.497 e. The fraction of sp³-hybridized carbons (Fsp3) is 0.0690. The largest absolute Gasteiger partial charge is 0.497 e. The average molecular weight is 571 g/mol. The topological polar surface area (TPSA) is 108 Å². The van der Waals surface area contributed by atoms with Crippen LogP contribution in [0.4, 0.5) is 0 Å². The third kappa shape index (κ3) is 4.35. The Balaban J connectivity index is 0.000000157. The summed E-state index contributed by atoms with van der Waals surface area (Å²) in [6.45, 7) is 0. The summed E-state index contributed by atoms with van der Waals surface area (Å²) in [5.74, 6) is 1.30. The smallest absolute Gasteiger partial charge is 0.263 e. The van der Waals surface area contributed by atoms with Crippen molar-refractivity contribution in [1.29, 1.82) is 0 Å². The zero-order valence-corrected chi connectivity index (χ0v) is 22.7. The lowest BCUT2D eigenvalue weighted by atomic mass is 10.2. The summed E-state index contributed by atoms with van der Waals surface area (Å²) in [6.07, 6.45) is 2.85. The van der Waals surface area contributed by atoms with E-state index in [1.165, 1.54) is 12.7 Å². The Morgan fingerprint density at radius 2 is 1.43 bits per heavy atom. The zero-order chi connectivity index (χ0) is 27.8. The lowest BCUT2D eigenvalue weighted by Gasteiger charge is -2.07. The molecule has 0 saturated heterocycles. The molecule has 9 nitrogen and oxygen atoms in total. The first-order valence-corrected chi connectivity index (χ1v) is 12.8. The Labute approximate surface area is 237 Å². The van der Waals surface area contributed by atoms with Crippen LogP contribution in [0, 0.1) is 0 Å². The van der Waals surface area contributed by atoms with Gasteiger partial charge in [0, 0.05) is 21.9 Å². The highest BCUT2D eigenvalue weighted by molar-refractivity contribution is 6.36. The van der Waals surface area contributed by atoms with Crippen molar-refractivity contribution in [3.05, 3.63) is 95.3 Å². The molecule has 0 saturated carbocycles. The van der Waals surface area contributed by atoms with Gasteiger partial charge in [0.15, 0.2) is 10.3 Å². The van der Waals surface area contributed by atoms with E-state index in [9.17, 15) is 4.79 Å². The second-order valence-corrected chi connectivity index (χ2v) is 9.39. The number of rotatable bonds is 3. The van der Waals surface area contributed by atoms with Crippen LogP contribution >= 0.6 is 23.2 Å². The number of ether oxygens (including phenoxy) is 2. The normalized spacial score (nSPS) is 11.1. The first-order valence-electron chi connectivity index (χ1n) is 12.0. The number of hydrogen-bond donors (Lipinski definition) is 1. The Bertz CT molecular complexity index is 2040. The predicted octanol–water partition coefficient (Wildman–Crippen LogP) is 6.71. The van der Waals surface area contributed by atoms with E-state index in [1.54, 1.807) is 37.0 Å². The maximum absolute atomic E-state index is 13.1. The molecule has 7 rings (SSSR count). The lowest BCUT2D eigenvalue weighted by Crippen LogP contribution is -2.12. The van der Waals surface area contributed by atoms with Gasteiger partial charge in [0.05, 0.1) is 19.7 Å². The summed E-state index contributed by atoms with van der Waals surface area (Å²) in [5, 5.41) is 2.44. The van der Waals surface area contributed by atoms with Gasteiger partial charge in [-0.2, -0.15) is 0 Å². The Morgan fingerprint density at radius 3 is 2.15 bits per heavy atom. The van der Waals surface area contributed by atoms with E-state index in [4.69, 9.17) is 32.7 Å². The van der Waals surface area contributed by atoms with Gasteiger partial charge < -0.3 is 14.5 Å². The third-order valence-electron chi connectivity index (χ3n) is 6.47. The van der Waals surface area contributed by atoms with E-state index in [2.05, 4.69) is 24.9 Å². The lowest BCUT2D eigenvalue weighted by molar-refractivity contribution is 0.0969. The Morgan fingerprint density at radius 1 is 0.775 bits per heavy atom. The summed E-state index contributed by atoms with van der Waals surface area (Å²) in [7, 11) is 3.23. The fourth-order valence-corrected chi connectivity index (χ4v) is 4.99. The number of benzene rings is 3. The molecule has 7 aromatic rings. The van der Waals surface area contributed by atoms with E-state index >= 15 is 0 Å². The molecular formula is C29H20Cl2N6O3. The van der Waals surface area contributed by atoms with Crippen molar-refractivity contribution in [3.63, 3.8) is 0 Å². The van der Waals surface area contributed by atoms with Gasteiger partial charge in [-0.15, -0.1) is 0 Å². The molecule has 0 bridgehead atoms. The summed E-state index contributed by atoms with van der Waals surface area (Å²) >= 11 is 12.3. The van der Waals surface area contributed by atoms with Gasteiger partial charge in [-0.1, -0.05) is 41.4 Å². The molecule has 3 aromatic carbocycles. The Kier molecular flexibility index (Phi) is 6.67. The maximum Gasteiger partial charge on any atom is 0.263 e. The summed E-state index contributed by atoms with van der Waals surface area (Å²) in [6, 6.07) is 20.3. The van der Waals surface area contributed by atoms with Gasteiger partial charge in [-0.05, 0) is 48.5 Å². The molecule has 0 aliphatic carbocycles. The molecule has 11 heteroatoms. The van der Waals surface area contributed by atoms with Crippen LogP contribution in [0.3, 0.4) is 0 Å². The highest BCUT2D eigenvalue weighted by Gasteiger charge is 2.21.